The predicted molar refractivity (Wildman–Crippen MR) is 126 cm³/mol. The highest BCUT2D eigenvalue weighted by Crippen LogP contribution is 2.12. The van der Waals surface area contributed by atoms with E-state index in [1.54, 1.807) is 0 Å². The number of nitrogens with one attached hydrogen (secondary N) is 2. The Bertz CT molecular complexity index is 351. The monoisotopic (exact) mass is 481 g/mol. The number of aliphatic imine (C=N–C) groups is 1. The molecule has 0 aromatic carbocycles. The Morgan fingerprint density at radius 3 is 2.54 bits per heavy atom. The number of guanidine groups is 1. The van der Waals surface area contributed by atoms with Gasteiger partial charge >= 0.3 is 0 Å². The van der Waals surface area contributed by atoms with Crippen LogP contribution >= 0.6 is 24.0 Å². The van der Waals surface area contributed by atoms with Crippen molar-refractivity contribution in [3.05, 3.63) is 0 Å². The van der Waals surface area contributed by atoms with Crippen LogP contribution in [0.5, 0.6) is 0 Å². The molecule has 1 aliphatic heterocycles. The van der Waals surface area contributed by atoms with Crippen LogP contribution in [-0.2, 0) is 0 Å². The molecule has 0 aromatic heterocycles. The Hall–Kier alpha value is -0.0800. The molecule has 0 radical (unpaired) electrons. The number of rotatable bonds is 11. The first-order valence-corrected chi connectivity index (χ1v) is 10.6. The molecule has 0 aliphatic carbocycles. The van der Waals surface area contributed by atoms with Crippen LogP contribution in [0.3, 0.4) is 0 Å². The summed E-state index contributed by atoms with van der Waals surface area (Å²) in [5.74, 6) is 1.72. The summed E-state index contributed by atoms with van der Waals surface area (Å²) in [5.41, 5.74) is 0. The van der Waals surface area contributed by atoms with Gasteiger partial charge in [-0.15, -0.1) is 24.0 Å². The first kappa shape index (κ1) is 25.9. The van der Waals surface area contributed by atoms with Crippen LogP contribution < -0.4 is 10.6 Å². The highest BCUT2D eigenvalue weighted by Gasteiger charge is 2.11. The van der Waals surface area contributed by atoms with E-state index in [4.69, 9.17) is 4.99 Å². The van der Waals surface area contributed by atoms with Gasteiger partial charge in [-0.25, -0.2) is 0 Å². The van der Waals surface area contributed by atoms with Gasteiger partial charge in [0.25, 0.3) is 0 Å². The number of unbranched alkanes of at least 4 members (excludes halogenated alkanes) is 1. The van der Waals surface area contributed by atoms with Gasteiger partial charge in [0.15, 0.2) is 5.96 Å². The largest absolute Gasteiger partial charge is 0.357 e. The summed E-state index contributed by atoms with van der Waals surface area (Å²) < 4.78 is 0. The second-order valence-electron chi connectivity index (χ2n) is 7.41. The van der Waals surface area contributed by atoms with Crippen LogP contribution in [0.15, 0.2) is 4.99 Å². The third kappa shape index (κ3) is 12.3. The van der Waals surface area contributed by atoms with Crippen molar-refractivity contribution >= 4 is 29.9 Å². The van der Waals surface area contributed by atoms with Crippen molar-refractivity contribution in [1.29, 1.82) is 0 Å². The molecular weight excluding hydrogens is 437 g/mol. The van der Waals surface area contributed by atoms with E-state index in [-0.39, 0.29) is 24.0 Å². The molecule has 26 heavy (non-hydrogen) atoms. The molecule has 0 bridgehead atoms. The standard InChI is InChI=1S/C20H43N5.HI/c1-5-8-11-19(6-2)18-23-20(21-7-3)22-12-9-14-25-15-10-13-24(4)16-17-25;/h19H,5-18H2,1-4H3,(H2,21,22,23);1H. The zero-order chi connectivity index (χ0) is 18.3. The Kier molecular flexibility index (Phi) is 17.0. The van der Waals surface area contributed by atoms with Crippen molar-refractivity contribution in [3.8, 4) is 0 Å². The van der Waals surface area contributed by atoms with Crippen molar-refractivity contribution in [2.24, 2.45) is 10.9 Å². The van der Waals surface area contributed by atoms with Gasteiger partial charge in [-0.05, 0) is 58.8 Å². The average molecular weight is 482 g/mol. The van der Waals surface area contributed by atoms with E-state index < -0.39 is 0 Å². The third-order valence-corrected chi connectivity index (χ3v) is 5.15. The summed E-state index contributed by atoms with van der Waals surface area (Å²) in [4.78, 5) is 9.87. The van der Waals surface area contributed by atoms with Gasteiger partial charge in [-0.3, -0.25) is 4.99 Å². The molecule has 5 nitrogen and oxygen atoms in total. The molecule has 1 aliphatic rings. The second kappa shape index (κ2) is 17.0. The maximum absolute atomic E-state index is 4.82. The number of likely N-dealkylation sites (N-methyl/N-ethyl adjacent to an activating group) is 1. The molecule has 1 rings (SSSR count). The smallest absolute Gasteiger partial charge is 0.191 e. The summed E-state index contributed by atoms with van der Waals surface area (Å²) in [6, 6.07) is 0. The van der Waals surface area contributed by atoms with Crippen molar-refractivity contribution in [1.82, 2.24) is 20.4 Å². The van der Waals surface area contributed by atoms with Gasteiger partial charge in [0.2, 0.25) is 0 Å². The van der Waals surface area contributed by atoms with E-state index in [2.05, 4.69) is 48.3 Å². The normalized spacial score (nSPS) is 18.1. The van der Waals surface area contributed by atoms with Crippen LogP contribution in [0.1, 0.15) is 59.3 Å². The summed E-state index contributed by atoms with van der Waals surface area (Å²) in [5, 5.41) is 6.91. The highest BCUT2D eigenvalue weighted by molar-refractivity contribution is 14.0. The van der Waals surface area contributed by atoms with Gasteiger partial charge in [-0.1, -0.05) is 33.1 Å². The van der Waals surface area contributed by atoms with E-state index >= 15 is 0 Å². The summed E-state index contributed by atoms with van der Waals surface area (Å²) in [6.07, 6.45) is 7.62. The lowest BCUT2D eigenvalue weighted by Crippen LogP contribution is -2.39. The average Bonchev–Trinajstić information content (AvgIpc) is 2.83. The number of hydrogen-bond acceptors (Lipinski definition) is 3. The molecular formula is C20H44IN5. The van der Waals surface area contributed by atoms with Crippen molar-refractivity contribution in [2.45, 2.75) is 59.3 Å². The van der Waals surface area contributed by atoms with Crippen LogP contribution in [0.2, 0.25) is 0 Å². The zero-order valence-corrected chi connectivity index (χ0v) is 20.1. The van der Waals surface area contributed by atoms with E-state index in [0.717, 1.165) is 31.5 Å². The molecule has 1 atom stereocenters. The van der Waals surface area contributed by atoms with Crippen LogP contribution in [-0.4, -0.2) is 75.2 Å². The lowest BCUT2D eigenvalue weighted by atomic mass is 10.00. The van der Waals surface area contributed by atoms with E-state index in [0.29, 0.717) is 0 Å². The molecule has 1 saturated heterocycles. The van der Waals surface area contributed by atoms with Crippen LogP contribution in [0.4, 0.5) is 0 Å². The molecule has 1 heterocycles. The second-order valence-corrected chi connectivity index (χ2v) is 7.41. The Morgan fingerprint density at radius 1 is 1.04 bits per heavy atom. The summed E-state index contributed by atoms with van der Waals surface area (Å²) in [6.45, 7) is 15.7. The molecule has 1 unspecified atom stereocenters. The molecule has 0 amide bonds. The van der Waals surface area contributed by atoms with Crippen molar-refractivity contribution < 1.29 is 0 Å². The van der Waals surface area contributed by atoms with Crippen molar-refractivity contribution in [3.63, 3.8) is 0 Å². The molecule has 0 spiro atoms. The third-order valence-electron chi connectivity index (χ3n) is 5.15. The molecule has 0 saturated carbocycles. The van der Waals surface area contributed by atoms with Gasteiger partial charge in [-0.2, -0.15) is 0 Å². The van der Waals surface area contributed by atoms with Gasteiger partial charge in [0, 0.05) is 32.7 Å². The fourth-order valence-electron chi connectivity index (χ4n) is 3.31. The molecule has 1 fully saturated rings. The lowest BCUT2D eigenvalue weighted by Gasteiger charge is -2.20. The molecule has 6 heteroatoms. The van der Waals surface area contributed by atoms with Gasteiger partial charge in [0.1, 0.15) is 0 Å². The summed E-state index contributed by atoms with van der Waals surface area (Å²) >= 11 is 0. The maximum Gasteiger partial charge on any atom is 0.191 e. The summed E-state index contributed by atoms with van der Waals surface area (Å²) in [7, 11) is 2.23. The predicted octanol–water partition coefficient (Wildman–Crippen LogP) is 3.40. The molecule has 0 aromatic rings. The quantitative estimate of drug-likeness (QED) is 0.206. The number of hydrogen-bond donors (Lipinski definition) is 2. The van der Waals surface area contributed by atoms with E-state index in [1.165, 1.54) is 71.2 Å². The number of nitrogens with zero attached hydrogens (tertiary/aromatic N) is 3. The Balaban J connectivity index is 0.00000625. The first-order valence-electron chi connectivity index (χ1n) is 10.6. The van der Waals surface area contributed by atoms with Crippen molar-refractivity contribution in [2.75, 3.05) is 59.4 Å². The Morgan fingerprint density at radius 2 is 1.85 bits per heavy atom. The van der Waals surface area contributed by atoms with E-state index in [9.17, 15) is 0 Å². The minimum Gasteiger partial charge on any atom is -0.357 e. The number of halogens is 1. The fraction of sp³-hybridized carbons (Fsp3) is 0.950. The highest BCUT2D eigenvalue weighted by atomic mass is 127. The van der Waals surface area contributed by atoms with E-state index in [1.807, 2.05) is 0 Å². The van der Waals surface area contributed by atoms with Gasteiger partial charge in [0.05, 0.1) is 0 Å². The molecule has 2 N–H and O–H groups in total. The van der Waals surface area contributed by atoms with Crippen LogP contribution in [0.25, 0.3) is 0 Å². The first-order chi connectivity index (χ1) is 12.2. The minimum atomic E-state index is 0. The zero-order valence-electron chi connectivity index (χ0n) is 17.7. The van der Waals surface area contributed by atoms with Gasteiger partial charge < -0.3 is 20.4 Å². The minimum absolute atomic E-state index is 0. The SMILES string of the molecule is CCCCC(CC)CN=C(NCC)NCCCN1CCCN(C)CC1.I. The fourth-order valence-corrected chi connectivity index (χ4v) is 3.31. The lowest BCUT2D eigenvalue weighted by molar-refractivity contribution is 0.274. The Labute approximate surface area is 179 Å². The van der Waals surface area contributed by atoms with Crippen LogP contribution in [0, 0.1) is 5.92 Å². The molecule has 156 valence electrons. The topological polar surface area (TPSA) is 42.9 Å². The maximum atomic E-state index is 4.82.